The molecular weight excluding hydrogens is 183 g/mol. The molecule has 0 bridgehead atoms. The number of hydrazine groups is 1. The Labute approximate surface area is 81.3 Å². The van der Waals surface area contributed by atoms with E-state index in [0.717, 1.165) is 11.8 Å². The van der Waals surface area contributed by atoms with E-state index in [2.05, 4.69) is 10.9 Å². The Hall–Kier alpha value is -1.26. The van der Waals surface area contributed by atoms with E-state index in [1.54, 1.807) is 12.1 Å². The smallest absolute Gasteiger partial charge is 0.126 e. The standard InChI is InChI=1S/C10H11FN2O/c11-9-3-1-7(2-4-9)10-8(6-14)5-12-13-10/h1-4,6,8,10,12-13H,5H2. The topological polar surface area (TPSA) is 41.1 Å². The van der Waals surface area contributed by atoms with Crippen molar-refractivity contribution in [2.24, 2.45) is 5.92 Å². The summed E-state index contributed by atoms with van der Waals surface area (Å²) in [5.74, 6) is -0.345. The Balaban J connectivity index is 2.21. The Morgan fingerprint density at radius 2 is 2.07 bits per heavy atom. The highest BCUT2D eigenvalue weighted by Crippen LogP contribution is 2.23. The van der Waals surface area contributed by atoms with Gasteiger partial charge in [0.25, 0.3) is 0 Å². The largest absolute Gasteiger partial charge is 0.303 e. The predicted molar refractivity (Wildman–Crippen MR) is 49.8 cm³/mol. The van der Waals surface area contributed by atoms with Crippen molar-refractivity contribution in [3.8, 4) is 0 Å². The quantitative estimate of drug-likeness (QED) is 0.684. The van der Waals surface area contributed by atoms with E-state index >= 15 is 0 Å². The van der Waals surface area contributed by atoms with Gasteiger partial charge in [0.05, 0.1) is 6.04 Å². The second-order valence-corrected chi connectivity index (χ2v) is 3.35. The van der Waals surface area contributed by atoms with Crippen molar-refractivity contribution in [3.63, 3.8) is 0 Å². The molecule has 1 aliphatic rings. The molecular formula is C10H11FN2O. The summed E-state index contributed by atoms with van der Waals surface area (Å²) in [6.07, 6.45) is 0.918. The first-order chi connectivity index (χ1) is 6.81. The Bertz CT molecular complexity index is 325. The van der Waals surface area contributed by atoms with E-state index in [1.807, 2.05) is 0 Å². The van der Waals surface area contributed by atoms with E-state index in [1.165, 1.54) is 12.1 Å². The van der Waals surface area contributed by atoms with E-state index in [0.29, 0.717) is 6.54 Å². The first kappa shape index (κ1) is 9.30. The summed E-state index contributed by atoms with van der Waals surface area (Å²) >= 11 is 0. The lowest BCUT2D eigenvalue weighted by atomic mass is 9.96. The Morgan fingerprint density at radius 1 is 1.36 bits per heavy atom. The highest BCUT2D eigenvalue weighted by molar-refractivity contribution is 5.56. The van der Waals surface area contributed by atoms with Gasteiger partial charge in [0.1, 0.15) is 12.1 Å². The predicted octanol–water partition coefficient (Wildman–Crippen LogP) is 0.790. The fraction of sp³-hybridized carbons (Fsp3) is 0.300. The van der Waals surface area contributed by atoms with Crippen LogP contribution in [0, 0.1) is 11.7 Å². The van der Waals surface area contributed by atoms with Crippen LogP contribution in [-0.2, 0) is 4.79 Å². The summed E-state index contributed by atoms with van der Waals surface area (Å²) in [6, 6.07) is 6.13. The number of nitrogens with one attached hydrogen (secondary N) is 2. The molecule has 1 aromatic rings. The van der Waals surface area contributed by atoms with Crippen LogP contribution < -0.4 is 10.9 Å². The molecule has 0 spiro atoms. The molecule has 0 radical (unpaired) electrons. The lowest BCUT2D eigenvalue weighted by Crippen LogP contribution is -2.25. The van der Waals surface area contributed by atoms with Crippen LogP contribution in [0.3, 0.4) is 0 Å². The van der Waals surface area contributed by atoms with Crippen LogP contribution in [0.1, 0.15) is 11.6 Å². The van der Waals surface area contributed by atoms with Crippen molar-refractivity contribution in [2.45, 2.75) is 6.04 Å². The van der Waals surface area contributed by atoms with Crippen LogP contribution in [0.15, 0.2) is 24.3 Å². The molecule has 2 unspecified atom stereocenters. The van der Waals surface area contributed by atoms with Gasteiger partial charge in [-0.3, -0.25) is 5.43 Å². The third kappa shape index (κ3) is 1.66. The molecule has 2 N–H and O–H groups in total. The molecule has 3 nitrogen and oxygen atoms in total. The van der Waals surface area contributed by atoms with Gasteiger partial charge < -0.3 is 4.79 Å². The van der Waals surface area contributed by atoms with Gasteiger partial charge in [-0.25, -0.2) is 9.82 Å². The maximum Gasteiger partial charge on any atom is 0.126 e. The SMILES string of the molecule is O=CC1CNNC1c1ccc(F)cc1. The van der Waals surface area contributed by atoms with Crippen LogP contribution in [0.25, 0.3) is 0 Å². The number of hydrogen-bond donors (Lipinski definition) is 2. The summed E-state index contributed by atoms with van der Waals surface area (Å²) in [4.78, 5) is 10.7. The van der Waals surface area contributed by atoms with Gasteiger partial charge in [-0.15, -0.1) is 0 Å². The molecule has 0 saturated carbocycles. The average molecular weight is 194 g/mol. The highest BCUT2D eigenvalue weighted by atomic mass is 19.1. The maximum atomic E-state index is 12.6. The number of carbonyl (C=O) groups excluding carboxylic acids is 1. The third-order valence-electron chi connectivity index (χ3n) is 2.43. The molecule has 2 rings (SSSR count). The van der Waals surface area contributed by atoms with Crippen LogP contribution in [0.5, 0.6) is 0 Å². The van der Waals surface area contributed by atoms with Crippen molar-refractivity contribution in [3.05, 3.63) is 35.6 Å². The lowest BCUT2D eigenvalue weighted by molar-refractivity contribution is -0.111. The van der Waals surface area contributed by atoms with Gasteiger partial charge in [0.15, 0.2) is 0 Å². The van der Waals surface area contributed by atoms with Gasteiger partial charge in [-0.1, -0.05) is 12.1 Å². The fourth-order valence-corrected chi connectivity index (χ4v) is 1.64. The number of hydrogen-bond acceptors (Lipinski definition) is 3. The maximum absolute atomic E-state index is 12.6. The molecule has 1 fully saturated rings. The van der Waals surface area contributed by atoms with Gasteiger partial charge >= 0.3 is 0 Å². The summed E-state index contributed by atoms with van der Waals surface area (Å²) in [5, 5.41) is 0. The Morgan fingerprint density at radius 3 is 2.71 bits per heavy atom. The summed E-state index contributed by atoms with van der Waals surface area (Å²) in [6.45, 7) is 0.617. The third-order valence-corrected chi connectivity index (χ3v) is 2.43. The van der Waals surface area contributed by atoms with Crippen molar-refractivity contribution in [1.29, 1.82) is 0 Å². The molecule has 2 atom stereocenters. The van der Waals surface area contributed by atoms with Crippen molar-refractivity contribution in [1.82, 2.24) is 10.9 Å². The molecule has 0 amide bonds. The van der Waals surface area contributed by atoms with Crippen LogP contribution in [-0.4, -0.2) is 12.8 Å². The molecule has 0 aromatic heterocycles. The van der Waals surface area contributed by atoms with Crippen LogP contribution in [0.4, 0.5) is 4.39 Å². The zero-order valence-electron chi connectivity index (χ0n) is 7.53. The molecule has 1 aromatic carbocycles. The lowest BCUT2D eigenvalue weighted by Gasteiger charge is -2.13. The van der Waals surface area contributed by atoms with Gasteiger partial charge in [-0.2, -0.15) is 0 Å². The summed E-state index contributed by atoms with van der Waals surface area (Å²) in [7, 11) is 0. The number of benzene rings is 1. The second kappa shape index (κ2) is 3.86. The van der Waals surface area contributed by atoms with Crippen LogP contribution in [0.2, 0.25) is 0 Å². The Kier molecular flexibility index (Phi) is 2.56. The summed E-state index contributed by atoms with van der Waals surface area (Å²) in [5.41, 5.74) is 6.83. The van der Waals surface area contributed by atoms with E-state index in [4.69, 9.17) is 0 Å². The second-order valence-electron chi connectivity index (χ2n) is 3.35. The molecule has 1 saturated heterocycles. The molecule has 1 heterocycles. The average Bonchev–Trinajstić information content (AvgIpc) is 2.67. The first-order valence-electron chi connectivity index (χ1n) is 4.50. The first-order valence-corrected chi connectivity index (χ1v) is 4.50. The normalized spacial score (nSPS) is 26.4. The molecule has 1 aliphatic heterocycles. The minimum absolute atomic E-state index is 0.0481. The molecule has 74 valence electrons. The number of rotatable bonds is 2. The summed E-state index contributed by atoms with van der Waals surface area (Å²) < 4.78 is 12.6. The zero-order chi connectivity index (χ0) is 9.97. The monoisotopic (exact) mass is 194 g/mol. The molecule has 14 heavy (non-hydrogen) atoms. The van der Waals surface area contributed by atoms with Gasteiger partial charge in [-0.05, 0) is 17.7 Å². The highest BCUT2D eigenvalue weighted by Gasteiger charge is 2.27. The molecule has 0 aliphatic carbocycles. The fourth-order valence-electron chi connectivity index (χ4n) is 1.64. The van der Waals surface area contributed by atoms with Gasteiger partial charge in [0.2, 0.25) is 0 Å². The minimum Gasteiger partial charge on any atom is -0.303 e. The number of carbonyl (C=O) groups is 1. The zero-order valence-corrected chi connectivity index (χ0v) is 7.53. The van der Waals surface area contributed by atoms with E-state index in [-0.39, 0.29) is 17.8 Å². The minimum atomic E-state index is -0.262. The van der Waals surface area contributed by atoms with E-state index < -0.39 is 0 Å². The van der Waals surface area contributed by atoms with Crippen LogP contribution >= 0.6 is 0 Å². The van der Waals surface area contributed by atoms with Crippen molar-refractivity contribution < 1.29 is 9.18 Å². The van der Waals surface area contributed by atoms with Gasteiger partial charge in [0, 0.05) is 12.5 Å². The molecule has 4 heteroatoms. The van der Waals surface area contributed by atoms with E-state index in [9.17, 15) is 9.18 Å². The van der Waals surface area contributed by atoms with Crippen molar-refractivity contribution in [2.75, 3.05) is 6.54 Å². The van der Waals surface area contributed by atoms with Crippen molar-refractivity contribution >= 4 is 6.29 Å². The number of aldehydes is 1. The number of halogens is 1.